The first-order valence-electron chi connectivity index (χ1n) is 11.7. The fraction of sp³-hybridized carbons (Fsp3) is 0.370. The van der Waals surface area contributed by atoms with Crippen LogP contribution in [0, 0.1) is 17.2 Å². The summed E-state index contributed by atoms with van der Waals surface area (Å²) in [5.74, 6) is -0.642. The molecule has 36 heavy (non-hydrogen) atoms. The number of carbonyl (C=O) groups excluding carboxylic acids is 1. The van der Waals surface area contributed by atoms with Crippen LogP contribution in [0.4, 0.5) is 13.2 Å². The monoisotopic (exact) mass is 512 g/mol. The maximum Gasteiger partial charge on any atom is 0.435 e. The molecule has 2 aromatic heterocycles. The van der Waals surface area contributed by atoms with Gasteiger partial charge in [0.15, 0.2) is 11.5 Å². The smallest absolute Gasteiger partial charge is 0.306 e. The number of carbonyl (C=O) groups is 1. The molecule has 5 nitrogen and oxygen atoms in total. The van der Waals surface area contributed by atoms with Crippen LogP contribution in [0.1, 0.15) is 45.8 Å². The lowest BCUT2D eigenvalue weighted by Gasteiger charge is -2.30. The van der Waals surface area contributed by atoms with Gasteiger partial charge in [-0.25, -0.2) is 0 Å². The summed E-state index contributed by atoms with van der Waals surface area (Å²) >= 11 is 1.36. The Labute approximate surface area is 212 Å². The first-order chi connectivity index (χ1) is 17.1. The second-order valence-electron chi connectivity index (χ2n) is 9.19. The maximum atomic E-state index is 13.9. The number of likely N-dealkylation sites (N-methyl/N-ethyl adjacent to an activating group) is 1. The largest absolute Gasteiger partial charge is 0.435 e. The summed E-state index contributed by atoms with van der Waals surface area (Å²) in [6.45, 7) is 2.69. The van der Waals surface area contributed by atoms with Crippen molar-refractivity contribution in [1.29, 1.82) is 5.26 Å². The van der Waals surface area contributed by atoms with Gasteiger partial charge in [0.25, 0.3) is 0 Å². The third-order valence-corrected chi connectivity index (χ3v) is 7.49. The van der Waals surface area contributed by atoms with Crippen LogP contribution in [-0.4, -0.2) is 41.1 Å². The normalized spacial score (nSPS) is 17.9. The molecule has 2 heterocycles. The minimum absolute atomic E-state index is 0.00771. The van der Waals surface area contributed by atoms with Crippen LogP contribution in [0.25, 0.3) is 11.1 Å². The van der Waals surface area contributed by atoms with Gasteiger partial charge in [-0.1, -0.05) is 30.3 Å². The van der Waals surface area contributed by atoms with Gasteiger partial charge in [0.1, 0.15) is 10.9 Å². The van der Waals surface area contributed by atoms with E-state index in [4.69, 9.17) is 0 Å². The van der Waals surface area contributed by atoms with Crippen molar-refractivity contribution in [2.24, 2.45) is 5.92 Å². The number of aryl methyl sites for hydroxylation is 1. The highest BCUT2D eigenvalue weighted by Crippen LogP contribution is 2.47. The molecule has 4 rings (SSSR count). The third kappa shape index (κ3) is 5.30. The number of benzene rings is 1. The molecule has 0 fully saturated rings. The summed E-state index contributed by atoms with van der Waals surface area (Å²) in [6.07, 6.45) is 1.24. The predicted octanol–water partition coefficient (Wildman–Crippen LogP) is 5.90. The van der Waals surface area contributed by atoms with E-state index in [2.05, 4.69) is 11.2 Å². The minimum Gasteiger partial charge on any atom is -0.306 e. The number of rotatable bonds is 7. The summed E-state index contributed by atoms with van der Waals surface area (Å²) in [5, 5.41) is 13.3. The van der Waals surface area contributed by atoms with Crippen LogP contribution in [0.5, 0.6) is 0 Å². The average Bonchev–Trinajstić information content (AvgIpc) is 3.47. The maximum absolute atomic E-state index is 13.9. The van der Waals surface area contributed by atoms with Gasteiger partial charge in [0.05, 0.1) is 0 Å². The second kappa shape index (κ2) is 10.4. The van der Waals surface area contributed by atoms with Crippen molar-refractivity contribution in [3.63, 3.8) is 0 Å². The predicted molar refractivity (Wildman–Crippen MR) is 134 cm³/mol. The molecule has 0 saturated carbocycles. The van der Waals surface area contributed by atoms with E-state index in [1.54, 1.807) is 31.2 Å². The molecule has 3 aromatic rings. The number of ketones is 1. The fourth-order valence-electron chi connectivity index (χ4n) is 4.73. The summed E-state index contributed by atoms with van der Waals surface area (Å²) in [7, 11) is 3.83. The van der Waals surface area contributed by atoms with Crippen molar-refractivity contribution in [1.82, 2.24) is 14.7 Å². The van der Waals surface area contributed by atoms with E-state index in [0.29, 0.717) is 41.9 Å². The number of nitrogens with zero attached hydrogens (tertiary/aromatic N) is 4. The van der Waals surface area contributed by atoms with Crippen LogP contribution < -0.4 is 0 Å². The lowest BCUT2D eigenvalue weighted by molar-refractivity contribution is -0.141. The van der Waals surface area contributed by atoms with Crippen LogP contribution in [0.3, 0.4) is 0 Å². The van der Waals surface area contributed by atoms with Crippen LogP contribution in [0.2, 0.25) is 0 Å². The molecular weight excluding hydrogens is 485 g/mol. The van der Waals surface area contributed by atoms with Crippen molar-refractivity contribution in [2.75, 3.05) is 20.6 Å². The number of halogens is 3. The molecule has 0 amide bonds. The van der Waals surface area contributed by atoms with Gasteiger partial charge < -0.3 is 4.90 Å². The second-order valence-corrected chi connectivity index (χ2v) is 10.3. The summed E-state index contributed by atoms with van der Waals surface area (Å²) in [5.41, 5.74) is 1.17. The van der Waals surface area contributed by atoms with E-state index < -0.39 is 11.9 Å². The van der Waals surface area contributed by atoms with Crippen LogP contribution in [-0.2, 0) is 23.9 Å². The molecule has 0 aliphatic heterocycles. The number of allylic oxidation sites excluding steroid dienone is 1. The number of hydrogen-bond acceptors (Lipinski definition) is 5. The van der Waals surface area contributed by atoms with Crippen molar-refractivity contribution in [3.05, 3.63) is 75.3 Å². The van der Waals surface area contributed by atoms with E-state index in [9.17, 15) is 23.2 Å². The molecule has 0 saturated heterocycles. The van der Waals surface area contributed by atoms with Crippen molar-refractivity contribution in [2.45, 2.75) is 38.4 Å². The molecule has 0 bridgehead atoms. The number of alkyl halides is 3. The Balaban J connectivity index is 1.81. The van der Waals surface area contributed by atoms with E-state index in [1.165, 1.54) is 22.2 Å². The summed E-state index contributed by atoms with van der Waals surface area (Å²) in [4.78, 5) is 16.5. The average molecular weight is 513 g/mol. The van der Waals surface area contributed by atoms with Gasteiger partial charge in [0.2, 0.25) is 0 Å². The first-order valence-corrected chi connectivity index (χ1v) is 12.6. The van der Waals surface area contributed by atoms with Gasteiger partial charge in [-0.3, -0.25) is 9.48 Å². The van der Waals surface area contributed by atoms with E-state index in [1.807, 2.05) is 37.2 Å². The molecule has 0 radical (unpaired) electrons. The molecule has 188 valence electrons. The number of nitriles is 1. The SMILES string of the molecule is CCn1cc(-c2ccccc2[C@@H]2CC(C(=O)/C=C/CN(C)C)Cc3sc(C#N)cc32)c(C(F)(F)F)n1. The summed E-state index contributed by atoms with van der Waals surface area (Å²) in [6, 6.07) is 11.0. The Morgan fingerprint density at radius 3 is 2.69 bits per heavy atom. The number of aromatic nitrogens is 2. The molecule has 1 unspecified atom stereocenters. The molecule has 1 aromatic carbocycles. The molecule has 0 spiro atoms. The van der Waals surface area contributed by atoms with E-state index in [0.717, 1.165) is 10.4 Å². The van der Waals surface area contributed by atoms with Crippen LogP contribution >= 0.6 is 11.3 Å². The highest BCUT2D eigenvalue weighted by molar-refractivity contribution is 7.12. The first kappa shape index (κ1) is 25.9. The topological polar surface area (TPSA) is 61.9 Å². The van der Waals surface area contributed by atoms with E-state index in [-0.39, 0.29) is 23.2 Å². The lowest BCUT2D eigenvalue weighted by Crippen LogP contribution is -2.24. The molecule has 9 heteroatoms. The van der Waals surface area contributed by atoms with E-state index >= 15 is 0 Å². The minimum atomic E-state index is -4.60. The zero-order valence-corrected chi connectivity index (χ0v) is 21.2. The lowest BCUT2D eigenvalue weighted by atomic mass is 9.74. The Morgan fingerprint density at radius 1 is 1.28 bits per heavy atom. The number of hydrogen-bond donors (Lipinski definition) is 0. The Morgan fingerprint density at radius 2 is 2.03 bits per heavy atom. The highest BCUT2D eigenvalue weighted by atomic mass is 32.1. The number of fused-ring (bicyclic) bond motifs is 1. The van der Waals surface area contributed by atoms with Crippen molar-refractivity contribution >= 4 is 17.1 Å². The van der Waals surface area contributed by atoms with Gasteiger partial charge in [-0.15, -0.1) is 11.3 Å². The summed E-state index contributed by atoms with van der Waals surface area (Å²) < 4.78 is 43.1. The van der Waals surface area contributed by atoms with Gasteiger partial charge in [0, 0.05) is 41.6 Å². The van der Waals surface area contributed by atoms with Crippen molar-refractivity contribution in [3.8, 4) is 17.2 Å². The highest BCUT2D eigenvalue weighted by Gasteiger charge is 2.39. The Kier molecular flexibility index (Phi) is 7.48. The zero-order chi connectivity index (χ0) is 26.0. The Hall–Kier alpha value is -3.22. The third-order valence-electron chi connectivity index (χ3n) is 6.41. The van der Waals surface area contributed by atoms with Gasteiger partial charge in [-0.05, 0) is 62.7 Å². The molecule has 1 aliphatic rings. The van der Waals surface area contributed by atoms with Gasteiger partial charge >= 0.3 is 6.18 Å². The number of thiophene rings is 1. The molecular formula is C27H27F3N4OS. The van der Waals surface area contributed by atoms with Gasteiger partial charge in [-0.2, -0.15) is 23.5 Å². The standard InChI is InChI=1S/C27H27F3N4OS/c1-4-34-16-23(26(32-34)27(28,29)30)20-9-6-5-8-19(20)21-12-17(24(35)10-7-11-33(2)3)13-25-22(21)14-18(15-31)36-25/h5-10,14,16-17,21H,4,11-13H2,1-3H3/b10-7+/t17?,21-/m0/s1. The molecule has 1 aliphatic carbocycles. The fourth-order valence-corrected chi connectivity index (χ4v) is 5.83. The molecule has 0 N–H and O–H groups in total. The van der Waals surface area contributed by atoms with Crippen LogP contribution in [0.15, 0.2) is 48.7 Å². The zero-order valence-electron chi connectivity index (χ0n) is 20.3. The Bertz CT molecular complexity index is 1330. The van der Waals surface area contributed by atoms with Crippen molar-refractivity contribution < 1.29 is 18.0 Å². The molecule has 2 atom stereocenters. The quantitative estimate of drug-likeness (QED) is 0.370.